The highest BCUT2D eigenvalue weighted by atomic mass is 32.2. The molecule has 0 saturated heterocycles. The number of aryl methyl sites for hydroxylation is 1. The summed E-state index contributed by atoms with van der Waals surface area (Å²) in [6.07, 6.45) is 0. The molecule has 1 aromatic carbocycles. The van der Waals surface area contributed by atoms with Crippen molar-refractivity contribution in [3.8, 4) is 5.75 Å². The van der Waals surface area contributed by atoms with Gasteiger partial charge in [0.25, 0.3) is 0 Å². The lowest BCUT2D eigenvalue weighted by Gasteiger charge is -2.29. The number of methoxy groups -OCH3 is 1. The third-order valence-electron chi connectivity index (χ3n) is 5.19. The maximum Gasteiger partial charge on any atom is 0.355 e. The van der Waals surface area contributed by atoms with Gasteiger partial charge in [-0.1, -0.05) is 13.8 Å². The van der Waals surface area contributed by atoms with Crippen LogP contribution in [-0.4, -0.2) is 55.8 Å². The lowest BCUT2D eigenvalue weighted by Crippen LogP contribution is -2.45. The van der Waals surface area contributed by atoms with Crippen molar-refractivity contribution in [2.75, 3.05) is 20.3 Å². The first-order valence-corrected chi connectivity index (χ1v) is 12.0. The van der Waals surface area contributed by atoms with Gasteiger partial charge < -0.3 is 14.5 Å². The number of Topliss-reactive ketones (excluding diaryl/α,β-unsaturated/α-hetero) is 1. The summed E-state index contributed by atoms with van der Waals surface area (Å²) >= 11 is 0. The van der Waals surface area contributed by atoms with Gasteiger partial charge >= 0.3 is 5.97 Å². The number of carbonyl (C=O) groups is 2. The summed E-state index contributed by atoms with van der Waals surface area (Å²) in [5.41, 5.74) is 1.45. The Kier molecular flexibility index (Phi) is 8.25. The lowest BCUT2D eigenvalue weighted by molar-refractivity contribution is 0.0519. The van der Waals surface area contributed by atoms with Crippen LogP contribution in [0.15, 0.2) is 29.2 Å². The third-order valence-corrected chi connectivity index (χ3v) is 7.14. The molecule has 1 aromatic heterocycles. The second kappa shape index (κ2) is 10.3. The molecule has 0 saturated carbocycles. The molecule has 0 amide bonds. The molecule has 1 unspecified atom stereocenters. The Bertz CT molecular complexity index is 1070. The number of aromatic nitrogens is 1. The Morgan fingerprint density at radius 1 is 1.09 bits per heavy atom. The zero-order valence-electron chi connectivity index (χ0n) is 19.7. The first-order chi connectivity index (χ1) is 14.9. The molecule has 1 heterocycles. The predicted octanol–water partition coefficient (Wildman–Crippen LogP) is 3.73. The summed E-state index contributed by atoms with van der Waals surface area (Å²) in [7, 11) is -2.46. The monoisotopic (exact) mass is 464 g/mol. The van der Waals surface area contributed by atoms with Crippen molar-refractivity contribution in [2.45, 2.75) is 52.5 Å². The van der Waals surface area contributed by atoms with Gasteiger partial charge in [0.2, 0.25) is 10.0 Å². The first-order valence-electron chi connectivity index (χ1n) is 10.5. The van der Waals surface area contributed by atoms with Crippen LogP contribution in [0.2, 0.25) is 0 Å². The molecular weight excluding hydrogens is 432 g/mol. The minimum atomic E-state index is -3.96. The highest BCUT2D eigenvalue weighted by molar-refractivity contribution is 7.89. The van der Waals surface area contributed by atoms with Crippen molar-refractivity contribution < 1.29 is 27.5 Å². The fourth-order valence-corrected chi connectivity index (χ4v) is 5.33. The summed E-state index contributed by atoms with van der Waals surface area (Å²) in [6.45, 7) is 10.7. The van der Waals surface area contributed by atoms with E-state index in [4.69, 9.17) is 9.47 Å². The van der Waals surface area contributed by atoms with Crippen molar-refractivity contribution in [3.63, 3.8) is 0 Å². The number of hydrogen-bond donors (Lipinski definition) is 1. The summed E-state index contributed by atoms with van der Waals surface area (Å²) in [4.78, 5) is 28.7. The van der Waals surface area contributed by atoms with E-state index < -0.39 is 22.0 Å². The van der Waals surface area contributed by atoms with Gasteiger partial charge in [-0.25, -0.2) is 13.2 Å². The summed E-state index contributed by atoms with van der Waals surface area (Å²) in [5.74, 6) is -0.412. The second-order valence-electron chi connectivity index (χ2n) is 8.03. The summed E-state index contributed by atoms with van der Waals surface area (Å²) < 4.78 is 38.3. The Hall–Kier alpha value is -2.65. The maximum atomic E-state index is 13.5. The number of aromatic amines is 1. The van der Waals surface area contributed by atoms with E-state index in [-0.39, 0.29) is 35.4 Å². The Morgan fingerprint density at radius 3 is 2.19 bits per heavy atom. The van der Waals surface area contributed by atoms with Crippen molar-refractivity contribution in [2.24, 2.45) is 5.92 Å². The van der Waals surface area contributed by atoms with Gasteiger partial charge in [0.1, 0.15) is 11.4 Å². The molecule has 2 aromatic rings. The van der Waals surface area contributed by atoms with Gasteiger partial charge in [-0.05, 0) is 63.4 Å². The van der Waals surface area contributed by atoms with Crippen LogP contribution in [0, 0.1) is 19.8 Å². The lowest BCUT2D eigenvalue weighted by atomic mass is 10.0. The molecule has 0 spiro atoms. The Labute approximate surface area is 190 Å². The van der Waals surface area contributed by atoms with Gasteiger partial charge in [0, 0.05) is 17.8 Å². The molecule has 0 aliphatic rings. The fourth-order valence-electron chi connectivity index (χ4n) is 3.57. The molecule has 1 N–H and O–H groups in total. The van der Waals surface area contributed by atoms with Gasteiger partial charge in [-0.15, -0.1) is 0 Å². The molecule has 9 heteroatoms. The number of nitrogens with one attached hydrogen (secondary N) is 1. The minimum absolute atomic E-state index is 0.0122. The number of nitrogens with zero attached hydrogens (tertiary/aromatic N) is 1. The van der Waals surface area contributed by atoms with Gasteiger partial charge in [0.15, 0.2) is 5.78 Å². The van der Waals surface area contributed by atoms with E-state index in [1.165, 1.54) is 23.5 Å². The number of carbonyl (C=O) groups excluding carboxylic acids is 2. The topological polar surface area (TPSA) is 106 Å². The third kappa shape index (κ3) is 5.21. The molecule has 32 heavy (non-hydrogen) atoms. The van der Waals surface area contributed by atoms with E-state index in [1.54, 1.807) is 39.8 Å². The number of rotatable bonds is 10. The van der Waals surface area contributed by atoms with Gasteiger partial charge in [-0.3, -0.25) is 4.79 Å². The Morgan fingerprint density at radius 2 is 1.69 bits per heavy atom. The highest BCUT2D eigenvalue weighted by Crippen LogP contribution is 2.27. The van der Waals surface area contributed by atoms with Crippen molar-refractivity contribution >= 4 is 21.8 Å². The van der Waals surface area contributed by atoms with Crippen LogP contribution >= 0.6 is 0 Å². The molecule has 0 aliphatic carbocycles. The van der Waals surface area contributed by atoms with Crippen LogP contribution in [0.3, 0.4) is 0 Å². The molecule has 176 valence electrons. The van der Waals surface area contributed by atoms with Crippen LogP contribution in [0.4, 0.5) is 0 Å². The number of sulfonamides is 1. The predicted molar refractivity (Wildman–Crippen MR) is 122 cm³/mol. The number of esters is 1. The number of hydrogen-bond acceptors (Lipinski definition) is 6. The number of H-pyrrole nitrogens is 1. The van der Waals surface area contributed by atoms with Crippen molar-refractivity contribution in [1.29, 1.82) is 0 Å². The van der Waals surface area contributed by atoms with E-state index in [9.17, 15) is 18.0 Å². The first kappa shape index (κ1) is 25.6. The average molecular weight is 465 g/mol. The van der Waals surface area contributed by atoms with Crippen molar-refractivity contribution in [1.82, 2.24) is 9.29 Å². The van der Waals surface area contributed by atoms with E-state index in [2.05, 4.69) is 4.98 Å². The normalized spacial score (nSPS) is 12.8. The van der Waals surface area contributed by atoms with Crippen LogP contribution < -0.4 is 4.74 Å². The maximum absolute atomic E-state index is 13.5. The summed E-state index contributed by atoms with van der Waals surface area (Å²) in [6, 6.07) is 5.08. The number of benzene rings is 1. The minimum Gasteiger partial charge on any atom is -0.497 e. The fraction of sp³-hybridized carbons (Fsp3) is 0.478. The molecule has 0 radical (unpaired) electrons. The number of ether oxygens (including phenoxy) is 2. The zero-order valence-corrected chi connectivity index (χ0v) is 20.5. The zero-order chi connectivity index (χ0) is 24.2. The summed E-state index contributed by atoms with van der Waals surface area (Å²) in [5, 5.41) is 0. The SMILES string of the molecule is CCOC(=O)c1[nH]c(C)c(C(=O)C(C)N(CC(C)C)S(=O)(=O)c2ccc(OC)cc2)c1C. The number of ketones is 1. The van der Waals surface area contributed by atoms with Crippen LogP contribution in [0.1, 0.15) is 59.8 Å². The van der Waals surface area contributed by atoms with Gasteiger partial charge in [0.05, 0.1) is 24.7 Å². The quantitative estimate of drug-likeness (QED) is 0.424. The molecule has 1 atom stereocenters. The highest BCUT2D eigenvalue weighted by Gasteiger charge is 2.36. The van der Waals surface area contributed by atoms with Crippen LogP contribution in [0.25, 0.3) is 0 Å². The largest absolute Gasteiger partial charge is 0.497 e. The molecule has 0 fully saturated rings. The molecule has 0 aliphatic heterocycles. The van der Waals surface area contributed by atoms with E-state index in [1.807, 2.05) is 13.8 Å². The van der Waals surface area contributed by atoms with Crippen LogP contribution in [0.5, 0.6) is 5.75 Å². The second-order valence-corrected chi connectivity index (χ2v) is 9.92. The smallest absolute Gasteiger partial charge is 0.355 e. The van der Waals surface area contributed by atoms with Crippen LogP contribution in [-0.2, 0) is 14.8 Å². The van der Waals surface area contributed by atoms with E-state index in [0.717, 1.165) is 0 Å². The van der Waals surface area contributed by atoms with Crippen molar-refractivity contribution in [3.05, 3.63) is 46.8 Å². The molecule has 8 nitrogen and oxygen atoms in total. The van der Waals surface area contributed by atoms with E-state index in [0.29, 0.717) is 22.6 Å². The molecule has 0 bridgehead atoms. The molecule has 2 rings (SSSR count). The van der Waals surface area contributed by atoms with Gasteiger partial charge in [-0.2, -0.15) is 4.31 Å². The Balaban J connectivity index is 2.48. The molecular formula is C23H32N2O6S. The standard InChI is InChI=1S/C23H32N2O6S/c1-8-31-23(27)21-15(4)20(16(5)24-21)22(26)17(6)25(13-14(2)3)32(28,29)19-11-9-18(30-7)10-12-19/h9-12,14,17,24H,8,13H2,1-7H3. The van der Waals surface area contributed by atoms with E-state index >= 15 is 0 Å². The average Bonchev–Trinajstić information content (AvgIpc) is 3.05.